The zero-order valence-corrected chi connectivity index (χ0v) is 10.6. The molecule has 0 aliphatic rings. The Balaban J connectivity index is 2.80. The second-order valence-corrected chi connectivity index (χ2v) is 3.78. The maximum absolute atomic E-state index is 14.0. The van der Waals surface area contributed by atoms with Crippen LogP contribution in [-0.4, -0.2) is 27.4 Å². The summed E-state index contributed by atoms with van der Waals surface area (Å²) in [5.41, 5.74) is 0.572. The van der Waals surface area contributed by atoms with Crippen molar-refractivity contribution in [1.29, 1.82) is 0 Å². The number of ether oxygens (including phenoxy) is 2. The molecule has 1 atom stereocenters. The van der Waals surface area contributed by atoms with Crippen LogP contribution < -0.4 is 10.1 Å². The van der Waals surface area contributed by atoms with Crippen molar-refractivity contribution in [2.24, 2.45) is 0 Å². The summed E-state index contributed by atoms with van der Waals surface area (Å²) in [6.07, 6.45) is 0.955. The summed E-state index contributed by atoms with van der Waals surface area (Å²) in [5, 5.41) is 3.05. The number of methoxy groups -OCH3 is 1. The highest BCUT2D eigenvalue weighted by atomic mass is 19.1. The molecule has 1 unspecified atom stereocenters. The molecule has 0 spiro atoms. The predicted molar refractivity (Wildman–Crippen MR) is 65.9 cm³/mol. The average Bonchev–Trinajstić information content (AvgIpc) is 2.36. The molecule has 0 amide bonds. The highest BCUT2D eigenvalue weighted by molar-refractivity contribution is 5.33. The molecule has 1 N–H and O–H groups in total. The molecule has 0 aliphatic heterocycles. The first-order chi connectivity index (χ1) is 8.24. The second-order valence-electron chi connectivity index (χ2n) is 3.78. The fourth-order valence-corrected chi connectivity index (χ4v) is 1.63. The summed E-state index contributed by atoms with van der Waals surface area (Å²) in [6, 6.07) is 4.98. The SMILES string of the molecule is CCCOCC(NC)c1cccc(OC)c1F. The Morgan fingerprint density at radius 1 is 1.41 bits per heavy atom. The Labute approximate surface area is 102 Å². The van der Waals surface area contributed by atoms with Crippen LogP contribution in [0.5, 0.6) is 5.75 Å². The molecule has 0 radical (unpaired) electrons. The minimum Gasteiger partial charge on any atom is -0.494 e. The van der Waals surface area contributed by atoms with Gasteiger partial charge in [-0.3, -0.25) is 0 Å². The van der Waals surface area contributed by atoms with Crippen molar-refractivity contribution in [3.63, 3.8) is 0 Å². The molecule has 0 fully saturated rings. The van der Waals surface area contributed by atoms with E-state index in [9.17, 15) is 4.39 Å². The normalized spacial score (nSPS) is 12.5. The molecule has 17 heavy (non-hydrogen) atoms. The second kappa shape index (κ2) is 7.25. The number of hydrogen-bond acceptors (Lipinski definition) is 3. The number of halogens is 1. The molecule has 3 nitrogen and oxygen atoms in total. The first-order valence-corrected chi connectivity index (χ1v) is 5.82. The zero-order valence-electron chi connectivity index (χ0n) is 10.6. The fourth-order valence-electron chi connectivity index (χ4n) is 1.63. The third-order valence-electron chi connectivity index (χ3n) is 2.57. The molecule has 0 saturated carbocycles. The first kappa shape index (κ1) is 13.9. The monoisotopic (exact) mass is 241 g/mol. The standard InChI is InChI=1S/C13H20FNO2/c1-4-8-17-9-11(15-2)10-6-5-7-12(16-3)13(10)14/h5-7,11,15H,4,8-9H2,1-3H3. The van der Waals surface area contributed by atoms with E-state index in [1.165, 1.54) is 7.11 Å². The average molecular weight is 241 g/mol. The van der Waals surface area contributed by atoms with Gasteiger partial charge in [-0.05, 0) is 19.5 Å². The molecule has 0 bridgehead atoms. The number of rotatable bonds is 7. The van der Waals surface area contributed by atoms with Gasteiger partial charge in [-0.1, -0.05) is 19.1 Å². The Kier molecular flexibility index (Phi) is 5.94. The predicted octanol–water partition coefficient (Wildman–Crippen LogP) is 2.52. The molecule has 1 aromatic carbocycles. The number of benzene rings is 1. The van der Waals surface area contributed by atoms with E-state index in [1.807, 2.05) is 6.92 Å². The van der Waals surface area contributed by atoms with Gasteiger partial charge < -0.3 is 14.8 Å². The highest BCUT2D eigenvalue weighted by Gasteiger charge is 2.16. The maximum atomic E-state index is 14.0. The lowest BCUT2D eigenvalue weighted by atomic mass is 10.1. The quantitative estimate of drug-likeness (QED) is 0.744. The van der Waals surface area contributed by atoms with Crippen molar-refractivity contribution in [1.82, 2.24) is 5.32 Å². The van der Waals surface area contributed by atoms with E-state index in [0.717, 1.165) is 6.42 Å². The van der Waals surface area contributed by atoms with E-state index in [1.54, 1.807) is 25.2 Å². The van der Waals surface area contributed by atoms with Gasteiger partial charge in [0, 0.05) is 12.2 Å². The minimum atomic E-state index is -0.325. The number of likely N-dealkylation sites (N-methyl/N-ethyl adjacent to an activating group) is 1. The Hall–Kier alpha value is -1.13. The van der Waals surface area contributed by atoms with Crippen molar-refractivity contribution in [3.05, 3.63) is 29.6 Å². The topological polar surface area (TPSA) is 30.5 Å². The summed E-state index contributed by atoms with van der Waals surface area (Å²) < 4.78 is 24.4. The van der Waals surface area contributed by atoms with Crippen molar-refractivity contribution in [2.75, 3.05) is 27.4 Å². The van der Waals surface area contributed by atoms with Crippen molar-refractivity contribution in [2.45, 2.75) is 19.4 Å². The largest absolute Gasteiger partial charge is 0.494 e. The minimum absolute atomic E-state index is 0.156. The van der Waals surface area contributed by atoms with Crippen LogP contribution in [0.4, 0.5) is 4.39 Å². The van der Waals surface area contributed by atoms with Gasteiger partial charge in [0.05, 0.1) is 19.8 Å². The summed E-state index contributed by atoms with van der Waals surface area (Å²) in [5.74, 6) is -0.0623. The van der Waals surface area contributed by atoms with E-state index < -0.39 is 0 Å². The summed E-state index contributed by atoms with van der Waals surface area (Å²) >= 11 is 0. The van der Waals surface area contributed by atoms with Crippen molar-refractivity contribution in [3.8, 4) is 5.75 Å². The number of hydrogen-bond donors (Lipinski definition) is 1. The van der Waals surface area contributed by atoms with Gasteiger partial charge in [0.2, 0.25) is 0 Å². The summed E-state index contributed by atoms with van der Waals surface area (Å²) in [7, 11) is 3.25. The van der Waals surface area contributed by atoms with Gasteiger partial charge in [-0.15, -0.1) is 0 Å². The highest BCUT2D eigenvalue weighted by Crippen LogP contribution is 2.25. The lowest BCUT2D eigenvalue weighted by Gasteiger charge is -2.18. The third-order valence-corrected chi connectivity index (χ3v) is 2.57. The molecule has 1 rings (SSSR count). The lowest BCUT2D eigenvalue weighted by Crippen LogP contribution is -2.23. The zero-order chi connectivity index (χ0) is 12.7. The van der Waals surface area contributed by atoms with Gasteiger partial charge >= 0.3 is 0 Å². The van der Waals surface area contributed by atoms with Crippen LogP contribution in [0.3, 0.4) is 0 Å². The lowest BCUT2D eigenvalue weighted by molar-refractivity contribution is 0.113. The summed E-state index contributed by atoms with van der Waals surface area (Å²) in [6.45, 7) is 3.18. The molecule has 96 valence electrons. The molecular formula is C13H20FNO2. The van der Waals surface area contributed by atoms with E-state index in [4.69, 9.17) is 9.47 Å². The molecule has 0 heterocycles. The van der Waals surface area contributed by atoms with Gasteiger partial charge in [0.1, 0.15) is 0 Å². The third kappa shape index (κ3) is 3.68. The van der Waals surface area contributed by atoms with Crippen LogP contribution in [0.2, 0.25) is 0 Å². The smallest absolute Gasteiger partial charge is 0.169 e. The first-order valence-electron chi connectivity index (χ1n) is 5.82. The Bertz CT molecular complexity index is 344. The van der Waals surface area contributed by atoms with E-state index in [-0.39, 0.29) is 17.6 Å². The van der Waals surface area contributed by atoms with Gasteiger partial charge in [0.15, 0.2) is 11.6 Å². The van der Waals surface area contributed by atoms with E-state index in [2.05, 4.69) is 5.32 Å². The van der Waals surface area contributed by atoms with E-state index in [0.29, 0.717) is 18.8 Å². The van der Waals surface area contributed by atoms with E-state index >= 15 is 0 Å². The van der Waals surface area contributed by atoms with Crippen molar-refractivity contribution >= 4 is 0 Å². The van der Waals surface area contributed by atoms with Gasteiger partial charge in [-0.2, -0.15) is 0 Å². The van der Waals surface area contributed by atoms with Crippen LogP contribution in [-0.2, 0) is 4.74 Å². The maximum Gasteiger partial charge on any atom is 0.169 e. The summed E-state index contributed by atoms with van der Waals surface area (Å²) in [4.78, 5) is 0. The van der Waals surface area contributed by atoms with Crippen LogP contribution in [0.15, 0.2) is 18.2 Å². The van der Waals surface area contributed by atoms with Gasteiger partial charge in [0.25, 0.3) is 0 Å². The number of nitrogens with one attached hydrogen (secondary N) is 1. The van der Waals surface area contributed by atoms with Crippen LogP contribution in [0.25, 0.3) is 0 Å². The molecule has 1 aromatic rings. The van der Waals surface area contributed by atoms with Gasteiger partial charge in [-0.25, -0.2) is 4.39 Å². The molecule has 0 aromatic heterocycles. The molecular weight excluding hydrogens is 221 g/mol. The molecule has 0 aliphatic carbocycles. The Morgan fingerprint density at radius 2 is 2.18 bits per heavy atom. The van der Waals surface area contributed by atoms with Crippen molar-refractivity contribution < 1.29 is 13.9 Å². The Morgan fingerprint density at radius 3 is 2.76 bits per heavy atom. The fraction of sp³-hybridized carbons (Fsp3) is 0.538. The van der Waals surface area contributed by atoms with Crippen LogP contribution in [0, 0.1) is 5.82 Å². The molecule has 4 heteroatoms. The molecule has 0 saturated heterocycles. The van der Waals surface area contributed by atoms with Crippen LogP contribution in [0.1, 0.15) is 24.9 Å². The van der Waals surface area contributed by atoms with Crippen LogP contribution >= 0.6 is 0 Å².